The standard InChI is InChI=1S/C32H53NO4/c1-23(29-36-19-20-37-29)21-25-9-14-32(34)28-8-7-24-22-26(35-18-6-17-33-15-4-5-16-33)10-12-30(24,2)27(28)11-13-31(25,32)3/h21,24-29,34H,4-20,22H2,1-3H3/b23-21-/t24?,25-,26?,27+,28-,30+,31-,32-/m1/s1. The van der Waals surface area contributed by atoms with E-state index in [1.807, 2.05) is 0 Å². The van der Waals surface area contributed by atoms with E-state index >= 15 is 0 Å². The van der Waals surface area contributed by atoms with Crippen molar-refractivity contribution in [2.24, 2.45) is 34.5 Å². The molecule has 2 aliphatic heterocycles. The fourth-order valence-electron chi connectivity index (χ4n) is 10.2. The molecule has 0 amide bonds. The molecule has 2 saturated heterocycles. The average molecular weight is 516 g/mol. The predicted molar refractivity (Wildman–Crippen MR) is 146 cm³/mol. The van der Waals surface area contributed by atoms with Gasteiger partial charge in [-0.05, 0) is 132 Å². The number of fused-ring (bicyclic) bond motifs is 5. The molecule has 4 saturated carbocycles. The third-order valence-electron chi connectivity index (χ3n) is 12.5. The monoisotopic (exact) mass is 515 g/mol. The van der Waals surface area contributed by atoms with E-state index in [4.69, 9.17) is 14.2 Å². The van der Waals surface area contributed by atoms with Crippen LogP contribution in [-0.4, -0.2) is 67.5 Å². The van der Waals surface area contributed by atoms with Crippen LogP contribution in [-0.2, 0) is 14.2 Å². The van der Waals surface area contributed by atoms with Gasteiger partial charge in [0.05, 0.1) is 24.9 Å². The summed E-state index contributed by atoms with van der Waals surface area (Å²) in [7, 11) is 0. The summed E-state index contributed by atoms with van der Waals surface area (Å²) >= 11 is 0. The molecule has 6 aliphatic rings. The first-order chi connectivity index (χ1) is 17.8. The third kappa shape index (κ3) is 4.67. The van der Waals surface area contributed by atoms with E-state index in [0.717, 1.165) is 31.8 Å². The van der Waals surface area contributed by atoms with E-state index in [0.29, 0.717) is 42.5 Å². The van der Waals surface area contributed by atoms with Gasteiger partial charge in [-0.3, -0.25) is 0 Å². The van der Waals surface area contributed by atoms with E-state index in [1.54, 1.807) is 0 Å². The zero-order valence-corrected chi connectivity index (χ0v) is 23.9. The van der Waals surface area contributed by atoms with Crippen LogP contribution in [0.1, 0.15) is 97.8 Å². The Balaban J connectivity index is 1.08. The number of allylic oxidation sites excluding steroid dienone is 1. The number of hydrogen-bond acceptors (Lipinski definition) is 5. The zero-order chi connectivity index (χ0) is 25.7. The maximum absolute atomic E-state index is 12.5. The maximum Gasteiger partial charge on any atom is 0.179 e. The minimum atomic E-state index is -0.536. The van der Waals surface area contributed by atoms with Gasteiger partial charge >= 0.3 is 0 Å². The van der Waals surface area contributed by atoms with Gasteiger partial charge in [0, 0.05) is 18.6 Å². The van der Waals surface area contributed by atoms with Crippen molar-refractivity contribution < 1.29 is 19.3 Å². The lowest BCUT2D eigenvalue weighted by Crippen LogP contribution is -2.62. The second-order valence-corrected chi connectivity index (χ2v) is 14.2. The number of ether oxygens (including phenoxy) is 3. The molecule has 5 nitrogen and oxygen atoms in total. The molecule has 37 heavy (non-hydrogen) atoms. The van der Waals surface area contributed by atoms with Crippen molar-refractivity contribution in [3.05, 3.63) is 11.6 Å². The summed E-state index contributed by atoms with van der Waals surface area (Å²) in [5, 5.41) is 12.5. The normalized spacial score (nSPS) is 47.1. The summed E-state index contributed by atoms with van der Waals surface area (Å²) in [6.45, 7) is 13.3. The van der Waals surface area contributed by atoms with Crippen molar-refractivity contribution in [2.75, 3.05) is 39.5 Å². The highest BCUT2D eigenvalue weighted by Gasteiger charge is 2.66. The van der Waals surface area contributed by atoms with Crippen LogP contribution in [0.15, 0.2) is 11.6 Å². The lowest BCUT2D eigenvalue weighted by Gasteiger charge is -2.63. The molecule has 210 valence electrons. The van der Waals surface area contributed by atoms with Crippen LogP contribution in [0.25, 0.3) is 0 Å². The summed E-state index contributed by atoms with van der Waals surface area (Å²) < 4.78 is 18.0. The number of hydrogen-bond donors (Lipinski definition) is 1. The average Bonchev–Trinajstić information content (AvgIpc) is 3.65. The molecule has 4 aliphatic carbocycles. The Morgan fingerprint density at radius 3 is 2.54 bits per heavy atom. The molecule has 6 fully saturated rings. The van der Waals surface area contributed by atoms with Gasteiger partial charge in [0.25, 0.3) is 0 Å². The van der Waals surface area contributed by atoms with Crippen LogP contribution >= 0.6 is 0 Å². The summed E-state index contributed by atoms with van der Waals surface area (Å²) in [4.78, 5) is 2.60. The second-order valence-electron chi connectivity index (χ2n) is 14.2. The SMILES string of the molecule is C/C(=C/[C@H]1CC[C@@]2(O)[C@@H]3CCC4CC(OCCCN5CCCC5)CC[C@]4(C)[C@H]3CC[C@]12C)C1OCCO1. The molecule has 2 heterocycles. The van der Waals surface area contributed by atoms with Gasteiger partial charge in [0.15, 0.2) is 6.29 Å². The fraction of sp³-hybridized carbons (Fsp3) is 0.938. The van der Waals surface area contributed by atoms with Gasteiger partial charge in [-0.2, -0.15) is 0 Å². The first-order valence-corrected chi connectivity index (χ1v) is 15.8. The number of likely N-dealkylation sites (tertiary alicyclic amines) is 1. The second kappa shape index (κ2) is 10.5. The number of rotatable bonds is 7. The molecule has 6 rings (SSSR count). The van der Waals surface area contributed by atoms with Crippen molar-refractivity contribution >= 4 is 0 Å². The minimum Gasteiger partial charge on any atom is -0.389 e. The highest BCUT2D eigenvalue weighted by Crippen LogP contribution is 2.69. The molecule has 5 heteroatoms. The molecule has 1 N–H and O–H groups in total. The highest BCUT2D eigenvalue weighted by molar-refractivity contribution is 5.21. The summed E-state index contributed by atoms with van der Waals surface area (Å²) in [6, 6.07) is 0. The number of aliphatic hydroxyl groups is 1. The Bertz CT molecular complexity index is 835. The summed E-state index contributed by atoms with van der Waals surface area (Å²) in [5.74, 6) is 2.28. The van der Waals surface area contributed by atoms with Crippen LogP contribution in [0.5, 0.6) is 0 Å². The van der Waals surface area contributed by atoms with Gasteiger partial charge in [0.2, 0.25) is 0 Å². The lowest BCUT2D eigenvalue weighted by atomic mass is 9.43. The first-order valence-electron chi connectivity index (χ1n) is 15.8. The van der Waals surface area contributed by atoms with Crippen LogP contribution in [0.3, 0.4) is 0 Å². The molecule has 0 bridgehead atoms. The Morgan fingerprint density at radius 1 is 0.973 bits per heavy atom. The largest absolute Gasteiger partial charge is 0.389 e. The fourth-order valence-corrected chi connectivity index (χ4v) is 10.2. The molecule has 8 atom stereocenters. The molecule has 2 unspecified atom stereocenters. The Hall–Kier alpha value is -0.460. The van der Waals surface area contributed by atoms with E-state index in [2.05, 4.69) is 31.7 Å². The van der Waals surface area contributed by atoms with E-state index in [-0.39, 0.29) is 11.7 Å². The predicted octanol–water partition coefficient (Wildman–Crippen LogP) is 5.95. The topological polar surface area (TPSA) is 51.2 Å². The van der Waals surface area contributed by atoms with Gasteiger partial charge < -0.3 is 24.2 Å². The van der Waals surface area contributed by atoms with E-state index < -0.39 is 5.60 Å². The van der Waals surface area contributed by atoms with Crippen molar-refractivity contribution in [3.8, 4) is 0 Å². The van der Waals surface area contributed by atoms with E-state index in [1.165, 1.54) is 83.0 Å². The van der Waals surface area contributed by atoms with Crippen molar-refractivity contribution in [3.63, 3.8) is 0 Å². The smallest absolute Gasteiger partial charge is 0.179 e. The number of nitrogens with zero attached hydrogens (tertiary/aromatic N) is 1. The van der Waals surface area contributed by atoms with Crippen molar-refractivity contribution in [1.82, 2.24) is 4.90 Å². The van der Waals surface area contributed by atoms with Gasteiger partial charge in [-0.1, -0.05) is 19.9 Å². The van der Waals surface area contributed by atoms with Crippen LogP contribution in [0.4, 0.5) is 0 Å². The zero-order valence-electron chi connectivity index (χ0n) is 23.9. The van der Waals surface area contributed by atoms with Crippen molar-refractivity contribution in [2.45, 2.75) is 116 Å². The Morgan fingerprint density at radius 2 is 1.76 bits per heavy atom. The van der Waals surface area contributed by atoms with Crippen LogP contribution < -0.4 is 0 Å². The van der Waals surface area contributed by atoms with Crippen molar-refractivity contribution in [1.29, 1.82) is 0 Å². The van der Waals surface area contributed by atoms with Gasteiger partial charge in [-0.15, -0.1) is 0 Å². The quantitative estimate of drug-likeness (QED) is 0.335. The first kappa shape index (κ1) is 26.7. The molecular weight excluding hydrogens is 462 g/mol. The van der Waals surface area contributed by atoms with Crippen LogP contribution in [0.2, 0.25) is 0 Å². The summed E-state index contributed by atoms with van der Waals surface area (Å²) in [6.07, 6.45) is 17.3. The molecule has 0 aromatic rings. The Kier molecular flexibility index (Phi) is 7.59. The minimum absolute atomic E-state index is 0.0348. The van der Waals surface area contributed by atoms with E-state index in [9.17, 15) is 5.11 Å². The van der Waals surface area contributed by atoms with Crippen LogP contribution in [0, 0.1) is 34.5 Å². The van der Waals surface area contributed by atoms with Gasteiger partial charge in [-0.25, -0.2) is 0 Å². The maximum atomic E-state index is 12.5. The molecule has 0 radical (unpaired) electrons. The molecule has 0 aromatic carbocycles. The highest BCUT2D eigenvalue weighted by atomic mass is 16.7. The summed E-state index contributed by atoms with van der Waals surface area (Å²) in [5.41, 5.74) is 0.994. The molecule has 0 aromatic heterocycles. The Labute approximate surface area is 225 Å². The molecule has 0 spiro atoms. The lowest BCUT2D eigenvalue weighted by molar-refractivity contribution is -0.209. The third-order valence-corrected chi connectivity index (χ3v) is 12.5. The van der Waals surface area contributed by atoms with Gasteiger partial charge in [0.1, 0.15) is 0 Å². The molecular formula is C32H53NO4.